The van der Waals surface area contributed by atoms with Crippen molar-refractivity contribution in [2.75, 3.05) is 32.1 Å². The van der Waals surface area contributed by atoms with Crippen molar-refractivity contribution in [3.05, 3.63) is 35.9 Å². The van der Waals surface area contributed by atoms with Crippen molar-refractivity contribution in [2.24, 2.45) is 0 Å². The zero-order chi connectivity index (χ0) is 20.3. The summed E-state index contributed by atoms with van der Waals surface area (Å²) in [5.41, 5.74) is 7.25. The standard InChI is InChI=1S/C20H28N4O4/c1-14-17(21)24(15-8-6-5-7-9-15)22-18(14)27-13-16-12-26-11-10-23(16)19(25)28-20(2,3)4/h5-9,16H,10-13,21H2,1-4H3/t16-/m1/s1. The van der Waals surface area contributed by atoms with Crippen LogP contribution in [0.15, 0.2) is 30.3 Å². The van der Waals surface area contributed by atoms with Crippen molar-refractivity contribution in [1.29, 1.82) is 0 Å². The lowest BCUT2D eigenvalue weighted by Crippen LogP contribution is -2.52. The number of nitrogens with zero attached hydrogens (tertiary/aromatic N) is 3. The minimum atomic E-state index is -0.555. The van der Waals surface area contributed by atoms with E-state index in [4.69, 9.17) is 19.9 Å². The fourth-order valence-electron chi connectivity index (χ4n) is 2.92. The molecule has 1 fully saturated rings. The zero-order valence-corrected chi connectivity index (χ0v) is 16.8. The molecule has 1 atom stereocenters. The highest BCUT2D eigenvalue weighted by Crippen LogP contribution is 2.26. The third kappa shape index (κ3) is 4.56. The molecule has 8 heteroatoms. The van der Waals surface area contributed by atoms with Gasteiger partial charge in [0.2, 0.25) is 5.88 Å². The van der Waals surface area contributed by atoms with Crippen LogP contribution in [0.3, 0.4) is 0 Å². The average molecular weight is 388 g/mol. The van der Waals surface area contributed by atoms with Crippen LogP contribution in [0.25, 0.3) is 5.69 Å². The van der Waals surface area contributed by atoms with Crippen LogP contribution in [0.4, 0.5) is 10.6 Å². The number of hydrogen-bond acceptors (Lipinski definition) is 6. The smallest absolute Gasteiger partial charge is 0.410 e. The summed E-state index contributed by atoms with van der Waals surface area (Å²) in [5.74, 6) is 0.959. The Bertz CT molecular complexity index is 814. The fourth-order valence-corrected chi connectivity index (χ4v) is 2.92. The number of hydrogen-bond donors (Lipinski definition) is 1. The van der Waals surface area contributed by atoms with Crippen molar-refractivity contribution in [3.63, 3.8) is 0 Å². The van der Waals surface area contributed by atoms with Gasteiger partial charge in [-0.05, 0) is 39.8 Å². The van der Waals surface area contributed by atoms with Crippen LogP contribution >= 0.6 is 0 Å². The number of nitrogens with two attached hydrogens (primary N) is 1. The van der Waals surface area contributed by atoms with E-state index in [9.17, 15) is 4.79 Å². The molecular formula is C20H28N4O4. The molecule has 1 aliphatic heterocycles. The van der Waals surface area contributed by atoms with Gasteiger partial charge in [-0.2, -0.15) is 0 Å². The van der Waals surface area contributed by atoms with Gasteiger partial charge >= 0.3 is 6.09 Å². The van der Waals surface area contributed by atoms with Crippen molar-refractivity contribution < 1.29 is 19.0 Å². The van der Waals surface area contributed by atoms with Gasteiger partial charge in [0, 0.05) is 6.54 Å². The second kappa shape index (κ2) is 8.10. The molecule has 0 spiro atoms. The van der Waals surface area contributed by atoms with Crippen LogP contribution in [0.5, 0.6) is 5.88 Å². The Morgan fingerprint density at radius 3 is 2.71 bits per heavy atom. The van der Waals surface area contributed by atoms with Gasteiger partial charge in [0.15, 0.2) is 0 Å². The number of benzene rings is 1. The summed E-state index contributed by atoms with van der Waals surface area (Å²) in [6.45, 7) is 8.96. The number of para-hydroxylation sites is 1. The van der Waals surface area contributed by atoms with Crippen LogP contribution in [0.1, 0.15) is 26.3 Å². The van der Waals surface area contributed by atoms with Crippen LogP contribution < -0.4 is 10.5 Å². The lowest BCUT2D eigenvalue weighted by atomic mass is 10.2. The van der Waals surface area contributed by atoms with E-state index in [-0.39, 0.29) is 18.7 Å². The SMILES string of the molecule is Cc1c(OC[C@H]2COCCN2C(=O)OC(C)(C)C)nn(-c2ccccc2)c1N. The number of morpholine rings is 1. The number of carbonyl (C=O) groups excluding carboxylic acids is 1. The Morgan fingerprint density at radius 2 is 2.04 bits per heavy atom. The Balaban J connectivity index is 1.71. The maximum atomic E-state index is 12.5. The molecule has 28 heavy (non-hydrogen) atoms. The Hall–Kier alpha value is -2.74. The van der Waals surface area contributed by atoms with E-state index in [1.54, 1.807) is 9.58 Å². The molecule has 8 nitrogen and oxygen atoms in total. The highest BCUT2D eigenvalue weighted by atomic mass is 16.6. The van der Waals surface area contributed by atoms with E-state index < -0.39 is 5.60 Å². The van der Waals surface area contributed by atoms with Crippen LogP contribution in [-0.4, -0.2) is 58.8 Å². The maximum absolute atomic E-state index is 12.5. The molecule has 0 radical (unpaired) electrons. The monoisotopic (exact) mass is 388 g/mol. The predicted octanol–water partition coefficient (Wildman–Crippen LogP) is 2.78. The summed E-state index contributed by atoms with van der Waals surface area (Å²) < 4.78 is 18.6. The van der Waals surface area contributed by atoms with E-state index >= 15 is 0 Å². The van der Waals surface area contributed by atoms with Gasteiger partial charge in [-0.3, -0.25) is 4.90 Å². The molecule has 3 rings (SSSR count). The van der Waals surface area contributed by atoms with E-state index in [0.29, 0.717) is 31.5 Å². The van der Waals surface area contributed by atoms with Gasteiger partial charge in [-0.25, -0.2) is 9.48 Å². The summed E-state index contributed by atoms with van der Waals surface area (Å²) in [4.78, 5) is 14.2. The van der Waals surface area contributed by atoms with Crippen LogP contribution in [0, 0.1) is 6.92 Å². The number of rotatable bonds is 4. The van der Waals surface area contributed by atoms with E-state index in [1.165, 1.54) is 0 Å². The normalized spacial score (nSPS) is 17.4. The van der Waals surface area contributed by atoms with Gasteiger partial charge < -0.3 is 19.9 Å². The molecule has 2 N–H and O–H groups in total. The van der Waals surface area contributed by atoms with Crippen molar-refractivity contribution in [1.82, 2.24) is 14.7 Å². The summed E-state index contributed by atoms with van der Waals surface area (Å²) in [6.07, 6.45) is -0.365. The minimum absolute atomic E-state index is 0.241. The molecule has 2 heterocycles. The summed E-state index contributed by atoms with van der Waals surface area (Å²) in [5, 5.41) is 4.49. The zero-order valence-electron chi connectivity index (χ0n) is 16.8. The van der Waals surface area contributed by atoms with Crippen molar-refractivity contribution in [3.8, 4) is 11.6 Å². The first-order valence-corrected chi connectivity index (χ1v) is 9.37. The average Bonchev–Trinajstić information content (AvgIpc) is 2.94. The van der Waals surface area contributed by atoms with Crippen molar-refractivity contribution in [2.45, 2.75) is 39.3 Å². The highest BCUT2D eigenvalue weighted by molar-refractivity contribution is 5.68. The highest BCUT2D eigenvalue weighted by Gasteiger charge is 2.32. The molecule has 0 aliphatic carbocycles. The molecule has 152 valence electrons. The molecule has 1 aliphatic rings. The van der Waals surface area contributed by atoms with Gasteiger partial charge in [0.05, 0.1) is 30.5 Å². The number of amides is 1. The number of carbonyl (C=O) groups is 1. The van der Waals surface area contributed by atoms with Crippen LogP contribution in [0.2, 0.25) is 0 Å². The summed E-state index contributed by atoms with van der Waals surface area (Å²) in [6, 6.07) is 9.36. The predicted molar refractivity (Wildman–Crippen MR) is 106 cm³/mol. The number of ether oxygens (including phenoxy) is 3. The van der Waals surface area contributed by atoms with Gasteiger partial charge in [-0.15, -0.1) is 5.10 Å². The molecular weight excluding hydrogens is 360 g/mol. The molecule has 1 amide bonds. The largest absolute Gasteiger partial charge is 0.474 e. The quantitative estimate of drug-likeness (QED) is 0.866. The lowest BCUT2D eigenvalue weighted by molar-refractivity contribution is -0.0422. The Morgan fingerprint density at radius 1 is 1.32 bits per heavy atom. The first-order chi connectivity index (χ1) is 13.3. The minimum Gasteiger partial charge on any atom is -0.474 e. The van der Waals surface area contributed by atoms with Gasteiger partial charge in [0.1, 0.15) is 18.0 Å². The molecule has 1 saturated heterocycles. The number of aromatic nitrogens is 2. The second-order valence-corrected chi connectivity index (χ2v) is 7.78. The fraction of sp³-hybridized carbons (Fsp3) is 0.500. The Kier molecular flexibility index (Phi) is 5.79. The molecule has 1 aromatic heterocycles. The Labute approximate surface area is 165 Å². The molecule has 0 saturated carbocycles. The van der Waals surface area contributed by atoms with E-state index in [2.05, 4.69) is 5.10 Å². The molecule has 0 bridgehead atoms. The third-order valence-corrected chi connectivity index (χ3v) is 4.39. The lowest BCUT2D eigenvalue weighted by Gasteiger charge is -2.36. The van der Waals surface area contributed by atoms with E-state index in [0.717, 1.165) is 11.3 Å². The number of anilines is 1. The van der Waals surface area contributed by atoms with Crippen molar-refractivity contribution >= 4 is 11.9 Å². The van der Waals surface area contributed by atoms with Crippen LogP contribution in [-0.2, 0) is 9.47 Å². The maximum Gasteiger partial charge on any atom is 0.410 e. The molecule has 1 aromatic carbocycles. The molecule has 2 aromatic rings. The summed E-state index contributed by atoms with van der Waals surface area (Å²) in [7, 11) is 0. The first-order valence-electron chi connectivity index (χ1n) is 9.37. The van der Waals surface area contributed by atoms with Gasteiger partial charge in [0.25, 0.3) is 0 Å². The van der Waals surface area contributed by atoms with Gasteiger partial charge in [-0.1, -0.05) is 18.2 Å². The second-order valence-electron chi connectivity index (χ2n) is 7.78. The van der Waals surface area contributed by atoms with E-state index in [1.807, 2.05) is 58.0 Å². The number of nitrogen functional groups attached to an aromatic ring is 1. The first kappa shape index (κ1) is 20.0. The molecule has 0 unspecified atom stereocenters. The third-order valence-electron chi connectivity index (χ3n) is 4.39. The summed E-state index contributed by atoms with van der Waals surface area (Å²) >= 11 is 0. The topological polar surface area (TPSA) is 91.8 Å².